The maximum absolute atomic E-state index is 5.43. The molecule has 0 unspecified atom stereocenters. The van der Waals surface area contributed by atoms with Crippen LogP contribution in [0, 0.1) is 0 Å². The van der Waals surface area contributed by atoms with Crippen molar-refractivity contribution in [2.24, 2.45) is 4.99 Å². The third-order valence-corrected chi connectivity index (χ3v) is 3.93. The first-order valence-corrected chi connectivity index (χ1v) is 8.42. The van der Waals surface area contributed by atoms with E-state index in [0.29, 0.717) is 19.7 Å². The number of nitrogens with zero attached hydrogens (tertiary/aromatic N) is 1. The lowest BCUT2D eigenvalue weighted by Gasteiger charge is -2.15. The zero-order chi connectivity index (χ0) is 18.8. The van der Waals surface area contributed by atoms with Crippen molar-refractivity contribution in [3.63, 3.8) is 0 Å². The van der Waals surface area contributed by atoms with Crippen LogP contribution in [0.3, 0.4) is 0 Å². The Balaban J connectivity index is 1.93. The molecule has 0 spiro atoms. The van der Waals surface area contributed by atoms with Crippen LogP contribution in [0.25, 0.3) is 0 Å². The van der Waals surface area contributed by atoms with Gasteiger partial charge in [0.1, 0.15) is 11.5 Å². The van der Waals surface area contributed by atoms with Crippen LogP contribution < -0.4 is 20.1 Å². The van der Waals surface area contributed by atoms with E-state index in [4.69, 9.17) is 14.2 Å². The van der Waals surface area contributed by atoms with Gasteiger partial charge in [-0.2, -0.15) is 0 Å². The van der Waals surface area contributed by atoms with Crippen molar-refractivity contribution in [3.05, 3.63) is 59.2 Å². The van der Waals surface area contributed by atoms with Crippen molar-refractivity contribution in [1.82, 2.24) is 10.6 Å². The molecule has 6 heteroatoms. The van der Waals surface area contributed by atoms with E-state index in [1.54, 1.807) is 28.4 Å². The van der Waals surface area contributed by atoms with E-state index in [9.17, 15) is 0 Å². The molecule has 0 bridgehead atoms. The second-order valence-electron chi connectivity index (χ2n) is 5.71. The van der Waals surface area contributed by atoms with E-state index in [1.165, 1.54) is 5.56 Å². The molecule has 0 aliphatic rings. The summed E-state index contributed by atoms with van der Waals surface area (Å²) in [4.78, 5) is 4.27. The Hall–Kier alpha value is -2.73. The Morgan fingerprint density at radius 2 is 1.69 bits per heavy atom. The van der Waals surface area contributed by atoms with Crippen LogP contribution in [0.1, 0.15) is 16.7 Å². The van der Waals surface area contributed by atoms with Crippen molar-refractivity contribution < 1.29 is 14.2 Å². The van der Waals surface area contributed by atoms with E-state index in [2.05, 4.69) is 33.8 Å². The van der Waals surface area contributed by atoms with Crippen LogP contribution in [0.4, 0.5) is 0 Å². The van der Waals surface area contributed by atoms with Crippen LogP contribution in [0.2, 0.25) is 0 Å². The van der Waals surface area contributed by atoms with E-state index in [-0.39, 0.29) is 0 Å². The third-order valence-electron chi connectivity index (χ3n) is 3.93. The fraction of sp³-hybridized carbons (Fsp3) is 0.350. The van der Waals surface area contributed by atoms with E-state index in [1.807, 2.05) is 24.3 Å². The molecule has 0 fully saturated rings. The predicted octanol–water partition coefficient (Wildman–Crippen LogP) is 2.72. The Bertz CT molecular complexity index is 732. The SMILES string of the molecule is CN=C(NCc1cccc(COC)c1)NCc1ccc(OC)cc1OC. The molecule has 140 valence electrons. The minimum Gasteiger partial charge on any atom is -0.497 e. The van der Waals surface area contributed by atoms with Crippen LogP contribution >= 0.6 is 0 Å². The molecule has 6 nitrogen and oxygen atoms in total. The molecule has 0 aromatic heterocycles. The lowest BCUT2D eigenvalue weighted by molar-refractivity contribution is 0.185. The quantitative estimate of drug-likeness (QED) is 0.562. The number of benzene rings is 2. The van der Waals surface area contributed by atoms with Gasteiger partial charge in [0.05, 0.1) is 20.8 Å². The largest absolute Gasteiger partial charge is 0.497 e. The monoisotopic (exact) mass is 357 g/mol. The molecule has 2 aromatic carbocycles. The van der Waals surface area contributed by atoms with Crippen molar-refractivity contribution in [2.45, 2.75) is 19.7 Å². The van der Waals surface area contributed by atoms with Gasteiger partial charge in [0.2, 0.25) is 0 Å². The number of rotatable bonds is 8. The number of methoxy groups -OCH3 is 3. The summed E-state index contributed by atoms with van der Waals surface area (Å²) in [5.74, 6) is 2.27. The van der Waals surface area contributed by atoms with E-state index < -0.39 is 0 Å². The fourth-order valence-electron chi connectivity index (χ4n) is 2.58. The van der Waals surface area contributed by atoms with Crippen LogP contribution in [0.15, 0.2) is 47.5 Å². The van der Waals surface area contributed by atoms with Gasteiger partial charge < -0.3 is 24.8 Å². The summed E-state index contributed by atoms with van der Waals surface area (Å²) in [6, 6.07) is 14.0. The van der Waals surface area contributed by atoms with Crippen molar-refractivity contribution in [1.29, 1.82) is 0 Å². The lowest BCUT2D eigenvalue weighted by atomic mass is 10.1. The number of nitrogens with one attached hydrogen (secondary N) is 2. The molecule has 0 amide bonds. The number of ether oxygens (including phenoxy) is 3. The first-order valence-electron chi connectivity index (χ1n) is 8.42. The first-order chi connectivity index (χ1) is 12.7. The second-order valence-corrected chi connectivity index (χ2v) is 5.71. The molecule has 0 aliphatic carbocycles. The van der Waals surface area contributed by atoms with Gasteiger partial charge in [0.15, 0.2) is 5.96 Å². The van der Waals surface area contributed by atoms with Crippen molar-refractivity contribution in [2.75, 3.05) is 28.4 Å². The predicted molar refractivity (Wildman–Crippen MR) is 104 cm³/mol. The summed E-state index contributed by atoms with van der Waals surface area (Å²) in [5.41, 5.74) is 3.35. The Morgan fingerprint density at radius 3 is 2.38 bits per heavy atom. The summed E-state index contributed by atoms with van der Waals surface area (Å²) >= 11 is 0. The summed E-state index contributed by atoms with van der Waals surface area (Å²) in [6.07, 6.45) is 0. The fourth-order valence-corrected chi connectivity index (χ4v) is 2.58. The number of hydrogen-bond donors (Lipinski definition) is 2. The van der Waals surface area contributed by atoms with Gasteiger partial charge >= 0.3 is 0 Å². The molecule has 0 saturated heterocycles. The number of guanidine groups is 1. The summed E-state index contributed by atoms with van der Waals surface area (Å²) in [6.45, 7) is 1.88. The molecule has 0 radical (unpaired) electrons. The summed E-state index contributed by atoms with van der Waals surface area (Å²) in [5, 5.41) is 6.62. The van der Waals surface area contributed by atoms with Gasteiger partial charge in [-0.05, 0) is 23.3 Å². The normalized spacial score (nSPS) is 11.2. The molecule has 26 heavy (non-hydrogen) atoms. The molecule has 0 heterocycles. The molecule has 0 saturated carbocycles. The molecule has 2 rings (SSSR count). The van der Waals surface area contributed by atoms with Gasteiger partial charge in [-0.15, -0.1) is 0 Å². The van der Waals surface area contributed by atoms with Crippen LogP contribution in [-0.2, 0) is 24.4 Å². The second kappa shape index (κ2) is 10.3. The zero-order valence-electron chi connectivity index (χ0n) is 15.8. The highest BCUT2D eigenvalue weighted by Gasteiger charge is 2.06. The average Bonchev–Trinajstić information content (AvgIpc) is 2.68. The van der Waals surface area contributed by atoms with Crippen LogP contribution in [-0.4, -0.2) is 34.3 Å². The Morgan fingerprint density at radius 1 is 0.923 bits per heavy atom. The summed E-state index contributed by atoms with van der Waals surface area (Å²) < 4.78 is 15.8. The highest BCUT2D eigenvalue weighted by Crippen LogP contribution is 2.24. The molecule has 2 aromatic rings. The number of aliphatic imine (C=N–C) groups is 1. The average molecular weight is 357 g/mol. The zero-order valence-corrected chi connectivity index (χ0v) is 15.8. The highest BCUT2D eigenvalue weighted by molar-refractivity contribution is 5.79. The van der Waals surface area contributed by atoms with Gasteiger partial charge in [-0.25, -0.2) is 0 Å². The third kappa shape index (κ3) is 5.67. The van der Waals surface area contributed by atoms with Crippen molar-refractivity contribution >= 4 is 5.96 Å². The first kappa shape index (κ1) is 19.6. The molecule has 2 N–H and O–H groups in total. The van der Waals surface area contributed by atoms with Crippen molar-refractivity contribution in [3.8, 4) is 11.5 Å². The maximum Gasteiger partial charge on any atom is 0.191 e. The van der Waals surface area contributed by atoms with E-state index in [0.717, 1.165) is 28.6 Å². The standard InChI is InChI=1S/C20H27N3O3/c1-21-20(22-12-15-6-5-7-16(10-15)14-24-2)23-13-17-8-9-18(25-3)11-19(17)26-4/h5-11H,12-14H2,1-4H3,(H2,21,22,23). The van der Waals surface area contributed by atoms with E-state index >= 15 is 0 Å². The Labute approximate surface area is 155 Å². The molecular weight excluding hydrogens is 330 g/mol. The van der Waals surface area contributed by atoms with Gasteiger partial charge in [0, 0.05) is 38.9 Å². The minimum atomic E-state index is 0.594. The minimum absolute atomic E-state index is 0.594. The maximum atomic E-state index is 5.43. The lowest BCUT2D eigenvalue weighted by Crippen LogP contribution is -2.36. The van der Waals surface area contributed by atoms with Gasteiger partial charge in [0.25, 0.3) is 0 Å². The molecule has 0 aliphatic heterocycles. The Kier molecular flexibility index (Phi) is 7.76. The number of hydrogen-bond acceptors (Lipinski definition) is 4. The smallest absolute Gasteiger partial charge is 0.191 e. The topological polar surface area (TPSA) is 64.1 Å². The van der Waals surface area contributed by atoms with Crippen LogP contribution in [0.5, 0.6) is 11.5 Å². The van der Waals surface area contributed by atoms with Gasteiger partial charge in [-0.1, -0.05) is 24.3 Å². The molecule has 0 atom stereocenters. The summed E-state index contributed by atoms with van der Waals surface area (Å²) in [7, 11) is 6.74. The van der Waals surface area contributed by atoms with Gasteiger partial charge in [-0.3, -0.25) is 4.99 Å². The molecular formula is C20H27N3O3. The highest BCUT2D eigenvalue weighted by atomic mass is 16.5.